The maximum Gasteiger partial charge on any atom is 0.257 e. The summed E-state index contributed by atoms with van der Waals surface area (Å²) in [5.41, 5.74) is 0.442. The van der Waals surface area contributed by atoms with Gasteiger partial charge >= 0.3 is 0 Å². The zero-order valence-electron chi connectivity index (χ0n) is 15.7. The zero-order valence-corrected chi connectivity index (χ0v) is 18.0. The van der Waals surface area contributed by atoms with E-state index in [0.29, 0.717) is 31.3 Å². The molecule has 3 rings (SSSR count). The average molecular weight is 459 g/mol. The van der Waals surface area contributed by atoms with E-state index in [1.807, 2.05) is 6.92 Å². The van der Waals surface area contributed by atoms with Crippen molar-refractivity contribution < 1.29 is 22.7 Å². The van der Waals surface area contributed by atoms with Crippen LogP contribution in [0.3, 0.4) is 0 Å². The second kappa shape index (κ2) is 9.32. The Hall–Kier alpha value is -1.84. The highest BCUT2D eigenvalue weighted by atomic mass is 35.5. The van der Waals surface area contributed by atoms with Crippen molar-refractivity contribution in [1.82, 2.24) is 4.31 Å². The van der Waals surface area contributed by atoms with Gasteiger partial charge in [-0.15, -0.1) is 0 Å². The third-order valence-electron chi connectivity index (χ3n) is 4.29. The van der Waals surface area contributed by atoms with E-state index in [4.69, 9.17) is 32.7 Å². The van der Waals surface area contributed by atoms with Crippen LogP contribution in [0.25, 0.3) is 0 Å². The van der Waals surface area contributed by atoms with Gasteiger partial charge in [0.15, 0.2) is 0 Å². The molecule has 29 heavy (non-hydrogen) atoms. The fourth-order valence-corrected chi connectivity index (χ4v) is 5.11. The minimum atomic E-state index is -3.90. The van der Waals surface area contributed by atoms with Crippen LogP contribution in [0.2, 0.25) is 10.0 Å². The molecular weight excluding hydrogens is 439 g/mol. The molecule has 1 amide bonds. The molecule has 156 valence electrons. The van der Waals surface area contributed by atoms with Gasteiger partial charge in [0.25, 0.3) is 5.91 Å². The highest BCUT2D eigenvalue weighted by molar-refractivity contribution is 7.89. The van der Waals surface area contributed by atoms with E-state index in [2.05, 4.69) is 5.32 Å². The number of para-hydroxylation sites is 2. The number of nitrogens with zero attached hydrogens (tertiary/aromatic N) is 1. The number of ether oxygens (including phenoxy) is 2. The summed E-state index contributed by atoms with van der Waals surface area (Å²) in [6.07, 6.45) is 0. The van der Waals surface area contributed by atoms with Crippen molar-refractivity contribution in [3.05, 3.63) is 52.0 Å². The number of carbonyl (C=O) groups excluding carboxylic acids is 1. The van der Waals surface area contributed by atoms with Gasteiger partial charge in [0, 0.05) is 13.1 Å². The third-order valence-corrected chi connectivity index (χ3v) is 6.97. The first-order valence-corrected chi connectivity index (χ1v) is 11.1. The Morgan fingerprint density at radius 2 is 1.86 bits per heavy atom. The fourth-order valence-electron chi connectivity index (χ4n) is 2.87. The molecule has 0 saturated carbocycles. The van der Waals surface area contributed by atoms with Crippen molar-refractivity contribution in [2.24, 2.45) is 0 Å². The number of amides is 1. The topological polar surface area (TPSA) is 84.9 Å². The first-order valence-electron chi connectivity index (χ1n) is 8.94. The number of carbonyl (C=O) groups is 1. The van der Waals surface area contributed by atoms with Gasteiger partial charge < -0.3 is 14.8 Å². The van der Waals surface area contributed by atoms with Gasteiger partial charge in [-0.1, -0.05) is 35.3 Å². The van der Waals surface area contributed by atoms with Crippen LogP contribution in [0.4, 0.5) is 5.69 Å². The molecular formula is C19H20Cl2N2O5S. The van der Waals surface area contributed by atoms with Gasteiger partial charge in [0.05, 0.1) is 41.1 Å². The molecule has 1 saturated heterocycles. The molecule has 1 fully saturated rings. The summed E-state index contributed by atoms with van der Waals surface area (Å²) in [5, 5.41) is 2.71. The lowest BCUT2D eigenvalue weighted by atomic mass is 10.2. The number of halogens is 2. The number of morpholine rings is 1. The Morgan fingerprint density at radius 1 is 1.17 bits per heavy atom. The molecule has 1 aliphatic rings. The molecule has 0 aromatic heterocycles. The van der Waals surface area contributed by atoms with E-state index in [1.165, 1.54) is 16.4 Å². The predicted octanol–water partition coefficient (Wildman–Crippen LogP) is 3.67. The first-order chi connectivity index (χ1) is 13.8. The highest BCUT2D eigenvalue weighted by Gasteiger charge is 2.30. The zero-order chi connectivity index (χ0) is 21.0. The molecule has 0 bridgehead atoms. The molecule has 2 aromatic rings. The van der Waals surface area contributed by atoms with Crippen LogP contribution >= 0.6 is 23.2 Å². The maximum atomic E-state index is 13.0. The summed E-state index contributed by atoms with van der Waals surface area (Å²) < 4.78 is 37.9. The maximum absolute atomic E-state index is 13.0. The smallest absolute Gasteiger partial charge is 0.257 e. The lowest BCUT2D eigenvalue weighted by Gasteiger charge is -2.26. The van der Waals surface area contributed by atoms with Gasteiger partial charge in [0.1, 0.15) is 10.6 Å². The number of hydrogen-bond acceptors (Lipinski definition) is 5. The molecule has 0 atom stereocenters. The molecule has 0 radical (unpaired) electrons. The molecule has 1 heterocycles. The number of nitrogens with one attached hydrogen (secondary N) is 1. The van der Waals surface area contributed by atoms with E-state index in [-0.39, 0.29) is 33.6 Å². The molecule has 10 heteroatoms. The van der Waals surface area contributed by atoms with Gasteiger partial charge in [-0.2, -0.15) is 4.31 Å². The molecule has 1 N–H and O–H groups in total. The van der Waals surface area contributed by atoms with Crippen LogP contribution in [0, 0.1) is 0 Å². The highest BCUT2D eigenvalue weighted by Crippen LogP contribution is 2.32. The summed E-state index contributed by atoms with van der Waals surface area (Å²) in [4.78, 5) is 12.7. The Labute approximate surface area is 179 Å². The Kier molecular flexibility index (Phi) is 7.02. The van der Waals surface area contributed by atoms with Crippen molar-refractivity contribution in [1.29, 1.82) is 0 Å². The van der Waals surface area contributed by atoms with Crippen LogP contribution in [-0.4, -0.2) is 51.5 Å². The summed E-state index contributed by atoms with van der Waals surface area (Å²) in [6, 6.07) is 9.39. The van der Waals surface area contributed by atoms with Gasteiger partial charge in [-0.25, -0.2) is 8.42 Å². The standard InChI is InChI=1S/C19H20Cl2N2O5S/c1-2-28-17-6-4-3-5-16(17)22-19(24)13-11-18(15(21)12-14(13)20)29(25,26)23-7-9-27-10-8-23/h3-6,11-12H,2,7-10H2,1H3,(H,22,24). The van der Waals surface area contributed by atoms with Crippen LogP contribution in [0.5, 0.6) is 5.75 Å². The van der Waals surface area contributed by atoms with Crippen LogP contribution in [-0.2, 0) is 14.8 Å². The number of hydrogen-bond donors (Lipinski definition) is 1. The monoisotopic (exact) mass is 458 g/mol. The Balaban J connectivity index is 1.94. The lowest BCUT2D eigenvalue weighted by Crippen LogP contribution is -2.40. The molecule has 7 nitrogen and oxygen atoms in total. The second-order valence-electron chi connectivity index (χ2n) is 6.16. The van der Waals surface area contributed by atoms with E-state index in [9.17, 15) is 13.2 Å². The average Bonchev–Trinajstić information content (AvgIpc) is 2.70. The van der Waals surface area contributed by atoms with Crippen molar-refractivity contribution in [3.63, 3.8) is 0 Å². The molecule has 0 unspecified atom stereocenters. The largest absolute Gasteiger partial charge is 0.492 e. The normalized spacial score (nSPS) is 15.1. The minimum Gasteiger partial charge on any atom is -0.492 e. The minimum absolute atomic E-state index is 0.00537. The molecule has 1 aliphatic heterocycles. The molecule has 0 spiro atoms. The first kappa shape index (κ1) is 21.9. The summed E-state index contributed by atoms with van der Waals surface area (Å²) in [7, 11) is -3.90. The van der Waals surface area contributed by atoms with E-state index in [0.717, 1.165) is 0 Å². The molecule has 2 aromatic carbocycles. The van der Waals surface area contributed by atoms with Crippen LogP contribution < -0.4 is 10.1 Å². The van der Waals surface area contributed by atoms with Crippen molar-refractivity contribution >= 4 is 44.8 Å². The fraction of sp³-hybridized carbons (Fsp3) is 0.316. The van der Waals surface area contributed by atoms with Crippen molar-refractivity contribution in [3.8, 4) is 5.75 Å². The SMILES string of the molecule is CCOc1ccccc1NC(=O)c1cc(S(=O)(=O)N2CCOCC2)c(Cl)cc1Cl. The third kappa shape index (κ3) is 4.84. The van der Waals surface area contributed by atoms with E-state index < -0.39 is 15.9 Å². The predicted molar refractivity (Wildman–Crippen MR) is 112 cm³/mol. The summed E-state index contributed by atoms with van der Waals surface area (Å²) >= 11 is 12.4. The Bertz CT molecular complexity index is 1010. The van der Waals surface area contributed by atoms with Gasteiger partial charge in [-0.05, 0) is 31.2 Å². The summed E-state index contributed by atoms with van der Waals surface area (Å²) in [6.45, 7) is 3.28. The number of anilines is 1. The van der Waals surface area contributed by atoms with Gasteiger partial charge in [0.2, 0.25) is 10.0 Å². The van der Waals surface area contributed by atoms with Crippen LogP contribution in [0.1, 0.15) is 17.3 Å². The summed E-state index contributed by atoms with van der Waals surface area (Å²) in [5.74, 6) is -0.0770. The van der Waals surface area contributed by atoms with E-state index in [1.54, 1.807) is 24.3 Å². The van der Waals surface area contributed by atoms with Crippen molar-refractivity contribution in [2.75, 3.05) is 38.2 Å². The number of sulfonamides is 1. The van der Waals surface area contributed by atoms with Crippen LogP contribution in [0.15, 0.2) is 41.3 Å². The van der Waals surface area contributed by atoms with E-state index >= 15 is 0 Å². The Morgan fingerprint density at radius 3 is 2.55 bits per heavy atom. The lowest BCUT2D eigenvalue weighted by molar-refractivity contribution is 0.0730. The van der Waals surface area contributed by atoms with Gasteiger partial charge in [-0.3, -0.25) is 4.79 Å². The molecule has 0 aliphatic carbocycles. The quantitative estimate of drug-likeness (QED) is 0.713. The van der Waals surface area contributed by atoms with Crippen molar-refractivity contribution in [2.45, 2.75) is 11.8 Å². The second-order valence-corrected chi connectivity index (χ2v) is 8.88. The number of benzene rings is 2. The number of rotatable bonds is 6.